The summed E-state index contributed by atoms with van der Waals surface area (Å²) in [6.07, 6.45) is 0.495. The second-order valence-electron chi connectivity index (χ2n) is 3.13. The maximum Gasteiger partial charge on any atom is 0.293 e. The van der Waals surface area contributed by atoms with E-state index < -0.39 is 4.92 Å². The van der Waals surface area contributed by atoms with Crippen LogP contribution in [0.2, 0.25) is 5.02 Å². The van der Waals surface area contributed by atoms with Gasteiger partial charge in [0.15, 0.2) is 6.29 Å². The molecule has 0 saturated heterocycles. The van der Waals surface area contributed by atoms with E-state index in [9.17, 15) is 14.9 Å². The molecule has 0 spiro atoms. The van der Waals surface area contributed by atoms with E-state index in [1.54, 1.807) is 19.0 Å². The fourth-order valence-electron chi connectivity index (χ4n) is 1.16. The summed E-state index contributed by atoms with van der Waals surface area (Å²) in [5, 5.41) is 10.9. The Balaban J connectivity index is 3.45. The fourth-order valence-corrected chi connectivity index (χ4v) is 1.36. The van der Waals surface area contributed by atoms with Crippen LogP contribution in [0.3, 0.4) is 0 Å². The highest BCUT2D eigenvalue weighted by molar-refractivity contribution is 6.33. The molecule has 0 amide bonds. The Morgan fingerprint density at radius 2 is 2.07 bits per heavy atom. The van der Waals surface area contributed by atoms with Crippen LogP contribution in [0.15, 0.2) is 12.1 Å². The first kappa shape index (κ1) is 11.5. The minimum atomic E-state index is -0.543. The Kier molecular flexibility index (Phi) is 3.26. The largest absolute Gasteiger partial charge is 0.372 e. The van der Waals surface area contributed by atoms with Crippen LogP contribution in [-0.2, 0) is 0 Å². The van der Waals surface area contributed by atoms with Gasteiger partial charge in [-0.25, -0.2) is 0 Å². The first-order valence-electron chi connectivity index (χ1n) is 4.07. The minimum Gasteiger partial charge on any atom is -0.372 e. The van der Waals surface area contributed by atoms with Crippen molar-refractivity contribution in [2.75, 3.05) is 19.0 Å². The van der Waals surface area contributed by atoms with Crippen molar-refractivity contribution in [3.05, 3.63) is 32.8 Å². The average molecular weight is 229 g/mol. The summed E-state index contributed by atoms with van der Waals surface area (Å²) in [6.45, 7) is 0. The van der Waals surface area contributed by atoms with Gasteiger partial charge in [-0.05, 0) is 6.07 Å². The van der Waals surface area contributed by atoms with E-state index in [1.807, 2.05) is 0 Å². The Hall–Kier alpha value is -1.62. The number of aldehydes is 1. The van der Waals surface area contributed by atoms with Crippen LogP contribution in [0.1, 0.15) is 10.4 Å². The lowest BCUT2D eigenvalue weighted by atomic mass is 10.2. The summed E-state index contributed by atoms with van der Waals surface area (Å²) in [5.74, 6) is 0. The van der Waals surface area contributed by atoms with Gasteiger partial charge in [0.2, 0.25) is 0 Å². The molecule has 6 heteroatoms. The summed E-state index contributed by atoms with van der Waals surface area (Å²) in [7, 11) is 3.33. The number of benzene rings is 1. The number of rotatable bonds is 3. The van der Waals surface area contributed by atoms with E-state index in [-0.39, 0.29) is 16.3 Å². The molecule has 80 valence electrons. The summed E-state index contributed by atoms with van der Waals surface area (Å²) in [5.41, 5.74) is 0.357. The zero-order chi connectivity index (χ0) is 11.6. The lowest BCUT2D eigenvalue weighted by molar-refractivity contribution is -0.384. The molecule has 1 rings (SSSR count). The third kappa shape index (κ3) is 2.24. The highest BCUT2D eigenvalue weighted by atomic mass is 35.5. The molecule has 0 aliphatic rings. The monoisotopic (exact) mass is 228 g/mol. The molecule has 0 saturated carbocycles. The Morgan fingerprint density at radius 3 is 2.47 bits per heavy atom. The second kappa shape index (κ2) is 4.27. The number of halogens is 1. The Morgan fingerprint density at radius 1 is 1.47 bits per heavy atom. The van der Waals surface area contributed by atoms with Gasteiger partial charge >= 0.3 is 0 Å². The van der Waals surface area contributed by atoms with Crippen molar-refractivity contribution in [2.24, 2.45) is 0 Å². The molecule has 0 unspecified atom stereocenters. The number of anilines is 1. The number of nitro groups is 1. The average Bonchev–Trinajstić information content (AvgIpc) is 2.16. The van der Waals surface area contributed by atoms with Crippen molar-refractivity contribution in [1.29, 1.82) is 0 Å². The summed E-state index contributed by atoms with van der Waals surface area (Å²) < 4.78 is 0. The van der Waals surface area contributed by atoms with Gasteiger partial charge < -0.3 is 4.90 Å². The fraction of sp³-hybridized carbons (Fsp3) is 0.222. The van der Waals surface area contributed by atoms with Crippen molar-refractivity contribution in [3.63, 3.8) is 0 Å². The van der Waals surface area contributed by atoms with Crippen molar-refractivity contribution in [3.8, 4) is 0 Å². The second-order valence-corrected chi connectivity index (χ2v) is 3.54. The smallest absolute Gasteiger partial charge is 0.293 e. The minimum absolute atomic E-state index is 0.119. The molecule has 1 aromatic rings. The van der Waals surface area contributed by atoms with Crippen molar-refractivity contribution in [1.82, 2.24) is 0 Å². The van der Waals surface area contributed by atoms with Gasteiger partial charge in [0.05, 0.1) is 9.95 Å². The molecule has 15 heavy (non-hydrogen) atoms. The van der Waals surface area contributed by atoms with E-state index in [0.717, 1.165) is 0 Å². The van der Waals surface area contributed by atoms with Crippen LogP contribution in [-0.4, -0.2) is 25.3 Å². The van der Waals surface area contributed by atoms with E-state index in [0.29, 0.717) is 12.0 Å². The number of hydrogen-bond donors (Lipinski definition) is 0. The summed E-state index contributed by atoms with van der Waals surface area (Å²) in [4.78, 5) is 22.3. The van der Waals surface area contributed by atoms with E-state index >= 15 is 0 Å². The van der Waals surface area contributed by atoms with E-state index in [1.165, 1.54) is 12.1 Å². The zero-order valence-electron chi connectivity index (χ0n) is 8.23. The molecule has 1 aromatic carbocycles. The normalized spacial score (nSPS) is 9.80. The molecule has 0 N–H and O–H groups in total. The molecular formula is C9H9ClN2O3. The van der Waals surface area contributed by atoms with E-state index in [2.05, 4.69) is 0 Å². The molecule has 0 fully saturated rings. The quantitative estimate of drug-likeness (QED) is 0.452. The number of hydrogen-bond acceptors (Lipinski definition) is 4. The maximum absolute atomic E-state index is 10.7. The Labute approximate surface area is 91.4 Å². The topological polar surface area (TPSA) is 63.5 Å². The van der Waals surface area contributed by atoms with Gasteiger partial charge in [0.25, 0.3) is 5.69 Å². The third-order valence-electron chi connectivity index (χ3n) is 1.90. The van der Waals surface area contributed by atoms with Crippen LogP contribution in [0, 0.1) is 10.1 Å². The molecule has 5 nitrogen and oxygen atoms in total. The predicted molar refractivity (Wildman–Crippen MR) is 57.8 cm³/mol. The molecule has 0 bridgehead atoms. The van der Waals surface area contributed by atoms with Crippen molar-refractivity contribution in [2.45, 2.75) is 0 Å². The van der Waals surface area contributed by atoms with Gasteiger partial charge in [0, 0.05) is 25.7 Å². The summed E-state index contributed by atoms with van der Waals surface area (Å²) >= 11 is 5.77. The molecule has 0 aromatic heterocycles. The van der Waals surface area contributed by atoms with Gasteiger partial charge in [-0.1, -0.05) is 11.6 Å². The molecule has 0 atom stereocenters. The predicted octanol–water partition coefficient (Wildman–Crippen LogP) is 2.13. The first-order chi connectivity index (χ1) is 6.97. The first-order valence-corrected chi connectivity index (χ1v) is 4.45. The van der Waals surface area contributed by atoms with Crippen LogP contribution in [0.5, 0.6) is 0 Å². The van der Waals surface area contributed by atoms with Gasteiger partial charge in [-0.15, -0.1) is 0 Å². The van der Waals surface area contributed by atoms with Crippen molar-refractivity contribution >= 4 is 29.3 Å². The molecular weight excluding hydrogens is 220 g/mol. The number of carbonyl (C=O) groups is 1. The summed E-state index contributed by atoms with van der Waals surface area (Å²) in [6, 6.07) is 2.58. The standard InChI is InChI=1S/C9H9ClN2O3/c1-11(2)8-4-7(10)6(5-13)3-9(8)12(14)15/h3-5H,1-2H3. The highest BCUT2D eigenvalue weighted by Crippen LogP contribution is 2.31. The third-order valence-corrected chi connectivity index (χ3v) is 2.23. The number of nitrogens with zero attached hydrogens (tertiary/aromatic N) is 2. The number of carbonyl (C=O) groups excluding carboxylic acids is 1. The SMILES string of the molecule is CN(C)c1cc(Cl)c(C=O)cc1[N+](=O)[O-]. The van der Waals surface area contributed by atoms with Gasteiger partial charge in [0.1, 0.15) is 5.69 Å². The zero-order valence-corrected chi connectivity index (χ0v) is 8.99. The van der Waals surface area contributed by atoms with Crippen molar-refractivity contribution < 1.29 is 9.72 Å². The number of nitro benzene ring substituents is 1. The Bertz CT molecular complexity index is 418. The van der Waals surface area contributed by atoms with Crippen LogP contribution >= 0.6 is 11.6 Å². The maximum atomic E-state index is 10.7. The molecule has 0 heterocycles. The molecule has 0 aliphatic carbocycles. The molecule has 0 radical (unpaired) electrons. The lowest BCUT2D eigenvalue weighted by Gasteiger charge is -2.13. The van der Waals surface area contributed by atoms with Crippen LogP contribution in [0.4, 0.5) is 11.4 Å². The lowest BCUT2D eigenvalue weighted by Crippen LogP contribution is -2.11. The van der Waals surface area contributed by atoms with Gasteiger partial charge in [-0.2, -0.15) is 0 Å². The van der Waals surface area contributed by atoms with Gasteiger partial charge in [-0.3, -0.25) is 14.9 Å². The van der Waals surface area contributed by atoms with E-state index in [4.69, 9.17) is 11.6 Å². The van der Waals surface area contributed by atoms with Crippen LogP contribution < -0.4 is 4.90 Å². The van der Waals surface area contributed by atoms with Crippen LogP contribution in [0.25, 0.3) is 0 Å². The molecule has 0 aliphatic heterocycles. The highest BCUT2D eigenvalue weighted by Gasteiger charge is 2.18.